The SMILES string of the molecule is CC(C)CCCNc1ncc(Br)cc1C(=O)O. The van der Waals surface area contributed by atoms with E-state index in [0.29, 0.717) is 16.2 Å². The largest absolute Gasteiger partial charge is 0.478 e. The zero-order chi connectivity index (χ0) is 12.8. The van der Waals surface area contributed by atoms with Crippen molar-refractivity contribution in [1.29, 1.82) is 0 Å². The zero-order valence-electron chi connectivity index (χ0n) is 10.0. The van der Waals surface area contributed by atoms with Crippen molar-refractivity contribution >= 4 is 27.7 Å². The molecule has 1 aromatic heterocycles. The molecule has 0 amide bonds. The zero-order valence-corrected chi connectivity index (χ0v) is 11.6. The first-order valence-corrected chi connectivity index (χ1v) is 6.42. The molecule has 0 spiro atoms. The first kappa shape index (κ1) is 14.0. The van der Waals surface area contributed by atoms with E-state index in [1.54, 1.807) is 12.3 Å². The highest BCUT2D eigenvalue weighted by Gasteiger charge is 2.11. The summed E-state index contributed by atoms with van der Waals surface area (Å²) < 4.78 is 0.669. The number of nitrogens with zero attached hydrogens (tertiary/aromatic N) is 1. The molecule has 1 aromatic rings. The number of hydrogen-bond acceptors (Lipinski definition) is 3. The lowest BCUT2D eigenvalue weighted by molar-refractivity contribution is 0.0697. The average molecular weight is 301 g/mol. The lowest BCUT2D eigenvalue weighted by atomic mass is 10.1. The molecule has 0 aliphatic rings. The highest BCUT2D eigenvalue weighted by molar-refractivity contribution is 9.10. The third-order valence-electron chi connectivity index (χ3n) is 2.34. The van der Waals surface area contributed by atoms with E-state index in [1.165, 1.54) is 0 Å². The van der Waals surface area contributed by atoms with Gasteiger partial charge >= 0.3 is 5.97 Å². The molecule has 0 saturated carbocycles. The van der Waals surface area contributed by atoms with Gasteiger partial charge in [-0.15, -0.1) is 0 Å². The minimum Gasteiger partial charge on any atom is -0.478 e. The minimum atomic E-state index is -0.967. The Labute approximate surface area is 110 Å². The molecule has 1 rings (SSSR count). The summed E-state index contributed by atoms with van der Waals surface area (Å²) in [5, 5.41) is 12.1. The summed E-state index contributed by atoms with van der Waals surface area (Å²) in [6, 6.07) is 1.56. The van der Waals surface area contributed by atoms with Gasteiger partial charge in [0.1, 0.15) is 11.4 Å². The van der Waals surface area contributed by atoms with Crippen LogP contribution in [0.4, 0.5) is 5.82 Å². The number of carboxylic acid groups (broad SMARTS) is 1. The Hall–Kier alpha value is -1.10. The van der Waals surface area contributed by atoms with E-state index >= 15 is 0 Å². The van der Waals surface area contributed by atoms with Crippen LogP contribution in [0.3, 0.4) is 0 Å². The number of rotatable bonds is 6. The summed E-state index contributed by atoms with van der Waals surface area (Å²) in [5.74, 6) is 0.128. The number of aromatic nitrogens is 1. The number of nitrogens with one attached hydrogen (secondary N) is 1. The minimum absolute atomic E-state index is 0.198. The Morgan fingerprint density at radius 3 is 2.88 bits per heavy atom. The van der Waals surface area contributed by atoms with Crippen molar-refractivity contribution in [2.75, 3.05) is 11.9 Å². The normalized spacial score (nSPS) is 10.6. The Morgan fingerprint density at radius 2 is 2.29 bits per heavy atom. The van der Waals surface area contributed by atoms with Gasteiger partial charge in [-0.3, -0.25) is 0 Å². The second-order valence-electron chi connectivity index (χ2n) is 4.32. The van der Waals surface area contributed by atoms with Crippen LogP contribution in [-0.4, -0.2) is 22.6 Å². The van der Waals surface area contributed by atoms with Crippen molar-refractivity contribution in [2.45, 2.75) is 26.7 Å². The summed E-state index contributed by atoms with van der Waals surface area (Å²) in [5.41, 5.74) is 0.198. The van der Waals surface area contributed by atoms with Crippen LogP contribution >= 0.6 is 15.9 Å². The first-order valence-electron chi connectivity index (χ1n) is 5.63. The molecule has 0 saturated heterocycles. The summed E-state index contributed by atoms with van der Waals surface area (Å²) in [7, 11) is 0. The van der Waals surface area contributed by atoms with Crippen molar-refractivity contribution in [3.05, 3.63) is 22.3 Å². The van der Waals surface area contributed by atoms with Crippen LogP contribution in [0.15, 0.2) is 16.7 Å². The first-order chi connectivity index (χ1) is 8.00. The molecule has 0 radical (unpaired) electrons. The van der Waals surface area contributed by atoms with Gasteiger partial charge in [-0.25, -0.2) is 9.78 Å². The fourth-order valence-corrected chi connectivity index (χ4v) is 1.79. The van der Waals surface area contributed by atoms with Crippen LogP contribution < -0.4 is 5.32 Å². The number of halogens is 1. The van der Waals surface area contributed by atoms with Crippen LogP contribution in [0, 0.1) is 5.92 Å². The van der Waals surface area contributed by atoms with E-state index in [4.69, 9.17) is 5.11 Å². The molecular weight excluding hydrogens is 284 g/mol. The molecule has 0 aliphatic carbocycles. The van der Waals surface area contributed by atoms with Gasteiger partial charge in [0, 0.05) is 17.2 Å². The van der Waals surface area contributed by atoms with Crippen molar-refractivity contribution in [3.63, 3.8) is 0 Å². The molecule has 2 N–H and O–H groups in total. The second-order valence-corrected chi connectivity index (χ2v) is 5.23. The molecule has 0 unspecified atom stereocenters. The third-order valence-corrected chi connectivity index (χ3v) is 2.77. The van der Waals surface area contributed by atoms with Crippen molar-refractivity contribution in [1.82, 2.24) is 4.98 Å². The molecular formula is C12H17BrN2O2. The molecule has 0 fully saturated rings. The summed E-state index contributed by atoms with van der Waals surface area (Å²) >= 11 is 3.21. The van der Waals surface area contributed by atoms with E-state index in [0.717, 1.165) is 19.4 Å². The van der Waals surface area contributed by atoms with E-state index < -0.39 is 5.97 Å². The maximum absolute atomic E-state index is 11.0. The van der Waals surface area contributed by atoms with Gasteiger partial charge < -0.3 is 10.4 Å². The molecule has 1 heterocycles. The summed E-state index contributed by atoms with van der Waals surface area (Å²) in [6.07, 6.45) is 3.72. The Bertz CT molecular complexity index is 394. The Balaban J connectivity index is 2.61. The van der Waals surface area contributed by atoms with E-state index in [-0.39, 0.29) is 5.56 Å². The van der Waals surface area contributed by atoms with Crippen LogP contribution in [0.2, 0.25) is 0 Å². The van der Waals surface area contributed by atoms with Gasteiger partial charge in [0.25, 0.3) is 0 Å². The fourth-order valence-electron chi connectivity index (χ4n) is 1.46. The van der Waals surface area contributed by atoms with Crippen molar-refractivity contribution < 1.29 is 9.90 Å². The van der Waals surface area contributed by atoms with Crippen LogP contribution in [-0.2, 0) is 0 Å². The maximum atomic E-state index is 11.0. The molecule has 0 atom stereocenters. The lowest BCUT2D eigenvalue weighted by Crippen LogP contribution is -2.10. The average Bonchev–Trinajstić information content (AvgIpc) is 2.25. The molecule has 17 heavy (non-hydrogen) atoms. The van der Waals surface area contributed by atoms with E-state index in [2.05, 4.69) is 40.1 Å². The number of carbonyl (C=O) groups is 1. The molecule has 94 valence electrons. The predicted molar refractivity (Wildman–Crippen MR) is 71.5 cm³/mol. The van der Waals surface area contributed by atoms with Crippen molar-refractivity contribution in [3.8, 4) is 0 Å². The molecule has 5 heteroatoms. The third kappa shape index (κ3) is 4.73. The van der Waals surface area contributed by atoms with Crippen LogP contribution in [0.5, 0.6) is 0 Å². The number of aromatic carboxylic acids is 1. The molecule has 4 nitrogen and oxygen atoms in total. The summed E-state index contributed by atoms with van der Waals surface area (Å²) in [4.78, 5) is 15.1. The number of pyridine rings is 1. The highest BCUT2D eigenvalue weighted by Crippen LogP contribution is 2.18. The Morgan fingerprint density at radius 1 is 1.59 bits per heavy atom. The van der Waals surface area contributed by atoms with Crippen LogP contribution in [0.1, 0.15) is 37.0 Å². The van der Waals surface area contributed by atoms with Gasteiger partial charge in [-0.05, 0) is 40.8 Å². The molecule has 0 aliphatic heterocycles. The fraction of sp³-hybridized carbons (Fsp3) is 0.500. The highest BCUT2D eigenvalue weighted by atomic mass is 79.9. The van der Waals surface area contributed by atoms with Gasteiger partial charge in [-0.1, -0.05) is 13.8 Å². The maximum Gasteiger partial charge on any atom is 0.339 e. The lowest BCUT2D eigenvalue weighted by Gasteiger charge is -2.09. The number of hydrogen-bond donors (Lipinski definition) is 2. The predicted octanol–water partition coefficient (Wildman–Crippen LogP) is 3.39. The Kier molecular flexibility index (Phi) is 5.41. The topological polar surface area (TPSA) is 62.2 Å². The van der Waals surface area contributed by atoms with E-state index in [1.807, 2.05) is 0 Å². The summed E-state index contributed by atoms with van der Waals surface area (Å²) in [6.45, 7) is 5.08. The number of anilines is 1. The van der Waals surface area contributed by atoms with Gasteiger partial charge in [0.15, 0.2) is 0 Å². The van der Waals surface area contributed by atoms with Gasteiger partial charge in [0.2, 0.25) is 0 Å². The van der Waals surface area contributed by atoms with Crippen LogP contribution in [0.25, 0.3) is 0 Å². The van der Waals surface area contributed by atoms with Gasteiger partial charge in [0.05, 0.1) is 0 Å². The number of carboxylic acids is 1. The van der Waals surface area contributed by atoms with Gasteiger partial charge in [-0.2, -0.15) is 0 Å². The molecule has 0 bridgehead atoms. The second kappa shape index (κ2) is 6.59. The quantitative estimate of drug-likeness (QED) is 0.791. The standard InChI is InChI=1S/C12H17BrN2O2/c1-8(2)4-3-5-14-11-10(12(16)17)6-9(13)7-15-11/h6-8H,3-5H2,1-2H3,(H,14,15)(H,16,17). The smallest absolute Gasteiger partial charge is 0.339 e. The van der Waals surface area contributed by atoms with Crippen molar-refractivity contribution in [2.24, 2.45) is 5.92 Å². The monoisotopic (exact) mass is 300 g/mol. The van der Waals surface area contributed by atoms with E-state index in [9.17, 15) is 4.79 Å². The molecule has 0 aromatic carbocycles.